The second kappa shape index (κ2) is 7.28. The number of ether oxygens (including phenoxy) is 2. The summed E-state index contributed by atoms with van der Waals surface area (Å²) in [5.74, 6) is 1.83. The number of nitrogens with one attached hydrogen (secondary N) is 1. The third-order valence-electron chi connectivity index (χ3n) is 2.55. The van der Waals surface area contributed by atoms with Gasteiger partial charge in [-0.3, -0.25) is 0 Å². The molecule has 1 unspecified atom stereocenters. The monoisotopic (exact) mass is 253 g/mol. The van der Waals surface area contributed by atoms with E-state index < -0.39 is 0 Å². The largest absolute Gasteiger partial charge is 0.378 e. The van der Waals surface area contributed by atoms with E-state index in [0.717, 1.165) is 11.5 Å². The molecule has 0 aliphatic rings. The molecule has 102 valence electrons. The first-order chi connectivity index (χ1) is 8.62. The number of hydrogen-bond donors (Lipinski definition) is 1. The number of nitrogens with zero attached hydrogens (tertiary/aromatic N) is 2. The normalized spacial score (nSPS) is 12.8. The molecule has 1 N–H and O–H groups in total. The van der Waals surface area contributed by atoms with Crippen molar-refractivity contribution < 1.29 is 9.47 Å². The van der Waals surface area contributed by atoms with Crippen LogP contribution in [0.1, 0.15) is 38.4 Å². The van der Waals surface area contributed by atoms with Gasteiger partial charge in [0.2, 0.25) is 0 Å². The maximum Gasteiger partial charge on any atom is 0.160 e. The van der Waals surface area contributed by atoms with Gasteiger partial charge in [-0.05, 0) is 12.8 Å². The lowest BCUT2D eigenvalue weighted by Gasteiger charge is -2.20. The molecule has 1 aromatic heterocycles. The molecule has 0 spiro atoms. The van der Waals surface area contributed by atoms with Crippen LogP contribution in [0.25, 0.3) is 0 Å². The lowest BCUT2D eigenvalue weighted by molar-refractivity contribution is 0.0229. The molecule has 0 aromatic carbocycles. The minimum absolute atomic E-state index is 0.0843. The Morgan fingerprint density at radius 1 is 1.33 bits per heavy atom. The lowest BCUT2D eigenvalue weighted by atomic mass is 10.1. The summed E-state index contributed by atoms with van der Waals surface area (Å²) in [5, 5.41) is 3.04. The molecule has 0 radical (unpaired) electrons. The van der Waals surface area contributed by atoms with Gasteiger partial charge in [0.15, 0.2) is 5.82 Å². The van der Waals surface area contributed by atoms with Gasteiger partial charge in [-0.15, -0.1) is 0 Å². The predicted molar refractivity (Wildman–Crippen MR) is 71.5 cm³/mol. The number of hydrogen-bond acceptors (Lipinski definition) is 5. The van der Waals surface area contributed by atoms with E-state index in [1.54, 1.807) is 7.11 Å². The molecule has 0 saturated carbocycles. The topological polar surface area (TPSA) is 56.3 Å². The molecule has 0 saturated heterocycles. The average molecular weight is 253 g/mol. The third-order valence-corrected chi connectivity index (χ3v) is 2.55. The summed E-state index contributed by atoms with van der Waals surface area (Å²) in [6, 6.07) is 1.89. The second-order valence-electron chi connectivity index (χ2n) is 4.41. The van der Waals surface area contributed by atoms with Crippen LogP contribution in [0.3, 0.4) is 0 Å². The van der Waals surface area contributed by atoms with Crippen LogP contribution < -0.4 is 5.32 Å². The summed E-state index contributed by atoms with van der Waals surface area (Å²) in [4.78, 5) is 8.98. The Hall–Kier alpha value is -1.20. The van der Waals surface area contributed by atoms with Gasteiger partial charge in [0.1, 0.15) is 11.9 Å². The summed E-state index contributed by atoms with van der Waals surface area (Å²) < 4.78 is 10.9. The maximum atomic E-state index is 5.73. The maximum absolute atomic E-state index is 5.73. The van der Waals surface area contributed by atoms with Crippen LogP contribution in [-0.2, 0) is 16.1 Å². The number of methoxy groups -OCH3 is 1. The Morgan fingerprint density at radius 2 is 2.06 bits per heavy atom. The van der Waals surface area contributed by atoms with Gasteiger partial charge in [0, 0.05) is 26.8 Å². The van der Waals surface area contributed by atoms with Crippen molar-refractivity contribution in [2.45, 2.75) is 33.5 Å². The van der Waals surface area contributed by atoms with Crippen molar-refractivity contribution >= 4 is 5.82 Å². The Kier molecular flexibility index (Phi) is 6.01. The summed E-state index contributed by atoms with van der Waals surface area (Å²) in [7, 11) is 3.50. The van der Waals surface area contributed by atoms with E-state index in [1.807, 2.05) is 20.0 Å². The number of anilines is 1. The van der Waals surface area contributed by atoms with Crippen molar-refractivity contribution in [1.82, 2.24) is 9.97 Å². The molecule has 0 bridgehead atoms. The predicted octanol–water partition coefficient (Wildman–Crippen LogP) is 2.40. The zero-order valence-corrected chi connectivity index (χ0v) is 11.9. The molecule has 0 aliphatic carbocycles. The first kappa shape index (κ1) is 14.9. The Bertz CT molecular complexity index is 369. The summed E-state index contributed by atoms with van der Waals surface area (Å²) in [6.07, 6.45) is -0.0843. The first-order valence-electron chi connectivity index (χ1n) is 6.28. The van der Waals surface area contributed by atoms with E-state index in [2.05, 4.69) is 29.1 Å². The van der Waals surface area contributed by atoms with Crippen LogP contribution in [0.15, 0.2) is 6.07 Å². The van der Waals surface area contributed by atoms with E-state index in [1.165, 1.54) is 0 Å². The number of rotatable bonds is 7. The Morgan fingerprint density at radius 3 is 2.56 bits per heavy atom. The van der Waals surface area contributed by atoms with Crippen molar-refractivity contribution in [3.63, 3.8) is 0 Å². The highest BCUT2D eigenvalue weighted by Gasteiger charge is 2.20. The molecule has 0 fully saturated rings. The van der Waals surface area contributed by atoms with Crippen LogP contribution in [0.2, 0.25) is 0 Å². The van der Waals surface area contributed by atoms with Crippen molar-refractivity contribution in [1.29, 1.82) is 0 Å². The quantitative estimate of drug-likeness (QED) is 0.808. The van der Waals surface area contributed by atoms with E-state index in [-0.39, 0.29) is 6.10 Å². The molecular formula is C13H23N3O2. The second-order valence-corrected chi connectivity index (χ2v) is 4.41. The number of aromatic nitrogens is 2. The molecule has 0 aliphatic heterocycles. The van der Waals surface area contributed by atoms with Crippen molar-refractivity contribution in [3.05, 3.63) is 17.6 Å². The van der Waals surface area contributed by atoms with Gasteiger partial charge in [-0.1, -0.05) is 13.8 Å². The SMILES string of the molecule is CCOC(c1nc(COC)cc(NC)n1)C(C)C. The first-order valence-corrected chi connectivity index (χ1v) is 6.28. The van der Waals surface area contributed by atoms with Crippen LogP contribution in [0.5, 0.6) is 0 Å². The van der Waals surface area contributed by atoms with E-state index in [0.29, 0.717) is 25.0 Å². The fourth-order valence-corrected chi connectivity index (χ4v) is 1.74. The fourth-order valence-electron chi connectivity index (χ4n) is 1.74. The molecule has 5 heteroatoms. The summed E-state index contributed by atoms with van der Waals surface area (Å²) in [5.41, 5.74) is 0.859. The standard InChI is InChI=1S/C13H23N3O2/c1-6-18-12(9(2)3)13-15-10(8-17-5)7-11(14-4)16-13/h7,9,12H,6,8H2,1-5H3,(H,14,15,16). The fraction of sp³-hybridized carbons (Fsp3) is 0.692. The Labute approximate surface area is 109 Å². The lowest BCUT2D eigenvalue weighted by Crippen LogP contribution is -2.16. The molecule has 1 heterocycles. The molecule has 5 nitrogen and oxygen atoms in total. The van der Waals surface area contributed by atoms with Crippen LogP contribution in [0.4, 0.5) is 5.82 Å². The minimum atomic E-state index is -0.0843. The molecule has 0 amide bonds. The van der Waals surface area contributed by atoms with E-state index in [9.17, 15) is 0 Å². The van der Waals surface area contributed by atoms with Gasteiger partial charge in [-0.25, -0.2) is 9.97 Å². The summed E-state index contributed by atoms with van der Waals surface area (Å²) >= 11 is 0. The Balaban J connectivity index is 3.07. The van der Waals surface area contributed by atoms with Gasteiger partial charge >= 0.3 is 0 Å². The minimum Gasteiger partial charge on any atom is -0.378 e. The van der Waals surface area contributed by atoms with Crippen molar-refractivity contribution in [2.24, 2.45) is 5.92 Å². The third kappa shape index (κ3) is 3.92. The van der Waals surface area contributed by atoms with E-state index in [4.69, 9.17) is 9.47 Å². The highest BCUT2D eigenvalue weighted by Crippen LogP contribution is 2.24. The van der Waals surface area contributed by atoms with Crippen LogP contribution in [0, 0.1) is 5.92 Å². The molecule has 18 heavy (non-hydrogen) atoms. The molecule has 1 aromatic rings. The molecular weight excluding hydrogens is 230 g/mol. The zero-order chi connectivity index (χ0) is 13.5. The zero-order valence-electron chi connectivity index (χ0n) is 11.9. The van der Waals surface area contributed by atoms with Crippen molar-refractivity contribution in [3.8, 4) is 0 Å². The highest BCUT2D eigenvalue weighted by molar-refractivity contribution is 5.35. The molecule has 1 rings (SSSR count). The van der Waals surface area contributed by atoms with Crippen molar-refractivity contribution in [2.75, 3.05) is 26.1 Å². The van der Waals surface area contributed by atoms with Gasteiger partial charge in [0.25, 0.3) is 0 Å². The van der Waals surface area contributed by atoms with E-state index >= 15 is 0 Å². The summed E-state index contributed by atoms with van der Waals surface area (Å²) in [6.45, 7) is 7.31. The van der Waals surface area contributed by atoms with Gasteiger partial charge in [-0.2, -0.15) is 0 Å². The van der Waals surface area contributed by atoms with Gasteiger partial charge < -0.3 is 14.8 Å². The van der Waals surface area contributed by atoms with Gasteiger partial charge in [0.05, 0.1) is 12.3 Å². The highest BCUT2D eigenvalue weighted by atomic mass is 16.5. The smallest absolute Gasteiger partial charge is 0.160 e. The molecule has 1 atom stereocenters. The average Bonchev–Trinajstić information content (AvgIpc) is 2.35. The van der Waals surface area contributed by atoms with Crippen LogP contribution >= 0.6 is 0 Å². The van der Waals surface area contributed by atoms with Crippen LogP contribution in [-0.4, -0.2) is 30.7 Å².